The monoisotopic (exact) mass is 286 g/mol. The fraction of sp³-hybridized carbons (Fsp3) is 0.667. The number of hydrogen-bond acceptors (Lipinski definition) is 5. The maximum atomic E-state index is 11.2. The number of aryl methyl sites for hydroxylation is 1. The lowest BCUT2D eigenvalue weighted by Gasteiger charge is -2.31. The minimum Gasteiger partial charge on any atom is -0.480 e. The number of carboxylic acids is 1. The van der Waals surface area contributed by atoms with E-state index in [-0.39, 0.29) is 6.04 Å². The first kappa shape index (κ1) is 13.8. The van der Waals surface area contributed by atoms with Crippen LogP contribution in [0, 0.1) is 0 Å². The molecule has 1 aromatic heterocycles. The van der Waals surface area contributed by atoms with Crippen molar-refractivity contribution in [2.45, 2.75) is 32.4 Å². The van der Waals surface area contributed by atoms with Crippen molar-refractivity contribution in [3.63, 3.8) is 0 Å². The zero-order chi connectivity index (χ0) is 13.0. The van der Waals surface area contributed by atoms with Gasteiger partial charge < -0.3 is 5.11 Å². The third-order valence-electron chi connectivity index (χ3n) is 2.95. The summed E-state index contributed by atoms with van der Waals surface area (Å²) in [6.45, 7) is 3.64. The maximum absolute atomic E-state index is 11.2. The molecule has 2 rings (SSSR count). The molecule has 1 atom stereocenters. The summed E-state index contributed by atoms with van der Waals surface area (Å²) in [6, 6.07) is -0.361. The second kappa shape index (κ2) is 6.54. The molecule has 0 saturated carbocycles. The van der Waals surface area contributed by atoms with Gasteiger partial charge in [-0.25, -0.2) is 4.98 Å². The average molecular weight is 286 g/mol. The first-order valence-corrected chi connectivity index (χ1v) is 8.22. The molecule has 0 radical (unpaired) electrons. The summed E-state index contributed by atoms with van der Waals surface area (Å²) in [6.07, 6.45) is 2.12. The molecule has 0 amide bonds. The van der Waals surface area contributed by atoms with Gasteiger partial charge >= 0.3 is 5.97 Å². The largest absolute Gasteiger partial charge is 0.480 e. The minimum atomic E-state index is -0.716. The number of thiazole rings is 1. The van der Waals surface area contributed by atoms with E-state index in [0.29, 0.717) is 12.3 Å². The van der Waals surface area contributed by atoms with E-state index in [0.717, 1.165) is 35.8 Å². The fourth-order valence-electron chi connectivity index (χ4n) is 2.01. The molecule has 1 N–H and O–H groups in total. The fourth-order valence-corrected chi connectivity index (χ4v) is 4.01. The van der Waals surface area contributed by atoms with E-state index in [1.54, 1.807) is 23.1 Å². The van der Waals surface area contributed by atoms with Gasteiger partial charge in [0.05, 0.1) is 10.7 Å². The number of carbonyl (C=O) groups is 1. The van der Waals surface area contributed by atoms with E-state index in [4.69, 9.17) is 0 Å². The maximum Gasteiger partial charge on any atom is 0.321 e. The molecule has 1 fully saturated rings. The van der Waals surface area contributed by atoms with E-state index < -0.39 is 5.97 Å². The molecule has 0 bridgehead atoms. The predicted molar refractivity (Wildman–Crippen MR) is 75.3 cm³/mol. The third kappa shape index (κ3) is 3.46. The van der Waals surface area contributed by atoms with E-state index in [1.807, 2.05) is 4.90 Å². The van der Waals surface area contributed by atoms with Gasteiger partial charge in [-0.3, -0.25) is 9.69 Å². The quantitative estimate of drug-likeness (QED) is 0.898. The Morgan fingerprint density at radius 3 is 3.22 bits per heavy atom. The van der Waals surface area contributed by atoms with Crippen LogP contribution in [0.15, 0.2) is 5.38 Å². The second-order valence-corrected chi connectivity index (χ2v) is 6.47. The van der Waals surface area contributed by atoms with Crippen molar-refractivity contribution >= 4 is 29.1 Å². The molecule has 18 heavy (non-hydrogen) atoms. The summed E-state index contributed by atoms with van der Waals surface area (Å²) < 4.78 is 0. The van der Waals surface area contributed by atoms with Crippen molar-refractivity contribution < 1.29 is 9.90 Å². The van der Waals surface area contributed by atoms with Crippen molar-refractivity contribution in [1.29, 1.82) is 0 Å². The number of aromatic nitrogens is 1. The number of thioether (sulfide) groups is 1. The number of aliphatic carboxylic acids is 1. The Kier molecular flexibility index (Phi) is 5.03. The highest BCUT2D eigenvalue weighted by Crippen LogP contribution is 2.20. The molecular formula is C12H18N2O2S2. The van der Waals surface area contributed by atoms with Crippen LogP contribution in [0.1, 0.15) is 24.0 Å². The van der Waals surface area contributed by atoms with Gasteiger partial charge in [0.25, 0.3) is 0 Å². The molecular weight excluding hydrogens is 268 g/mol. The van der Waals surface area contributed by atoms with E-state index in [9.17, 15) is 9.90 Å². The van der Waals surface area contributed by atoms with Crippen molar-refractivity contribution in [2.24, 2.45) is 0 Å². The van der Waals surface area contributed by atoms with E-state index in [1.165, 1.54) is 0 Å². The normalized spacial score (nSPS) is 21.1. The molecule has 1 aromatic rings. The Morgan fingerprint density at radius 2 is 2.50 bits per heavy atom. The van der Waals surface area contributed by atoms with Gasteiger partial charge in [-0.05, 0) is 12.8 Å². The summed E-state index contributed by atoms with van der Waals surface area (Å²) >= 11 is 3.40. The van der Waals surface area contributed by atoms with Crippen LogP contribution in [0.2, 0.25) is 0 Å². The summed E-state index contributed by atoms with van der Waals surface area (Å²) in [5.41, 5.74) is 1.02. The van der Waals surface area contributed by atoms with Crippen LogP contribution in [0.5, 0.6) is 0 Å². The number of carboxylic acid groups (broad SMARTS) is 1. The van der Waals surface area contributed by atoms with Crippen molar-refractivity contribution in [3.05, 3.63) is 16.1 Å². The lowest BCUT2D eigenvalue weighted by Crippen LogP contribution is -2.46. The Balaban J connectivity index is 1.99. The number of hydrogen-bond donors (Lipinski definition) is 1. The van der Waals surface area contributed by atoms with Gasteiger partial charge in [-0.2, -0.15) is 11.8 Å². The van der Waals surface area contributed by atoms with Crippen LogP contribution >= 0.6 is 23.1 Å². The molecule has 2 heterocycles. The van der Waals surface area contributed by atoms with Crippen molar-refractivity contribution in [2.75, 3.05) is 18.1 Å². The highest BCUT2D eigenvalue weighted by molar-refractivity contribution is 7.99. The highest BCUT2D eigenvalue weighted by atomic mass is 32.2. The van der Waals surface area contributed by atoms with E-state index >= 15 is 0 Å². The van der Waals surface area contributed by atoms with Crippen LogP contribution in [0.25, 0.3) is 0 Å². The van der Waals surface area contributed by atoms with Crippen LogP contribution < -0.4 is 0 Å². The van der Waals surface area contributed by atoms with Gasteiger partial charge in [-0.1, -0.05) is 6.92 Å². The first-order chi connectivity index (χ1) is 8.70. The summed E-state index contributed by atoms with van der Waals surface area (Å²) in [5, 5.41) is 12.4. The van der Waals surface area contributed by atoms with Gasteiger partial charge in [0.15, 0.2) is 0 Å². The molecule has 0 spiro atoms. The zero-order valence-electron chi connectivity index (χ0n) is 10.5. The smallest absolute Gasteiger partial charge is 0.321 e. The lowest BCUT2D eigenvalue weighted by molar-refractivity contribution is -0.142. The topological polar surface area (TPSA) is 53.4 Å². The summed E-state index contributed by atoms with van der Waals surface area (Å²) in [5.74, 6) is 0.975. The molecule has 100 valence electrons. The molecule has 1 unspecified atom stereocenters. The average Bonchev–Trinajstić information content (AvgIpc) is 2.77. The Hall–Kier alpha value is -0.590. The SMILES string of the molecule is CCCc1nc(CN2CCSCC2C(=O)O)cs1. The Labute approximate surface area is 115 Å². The van der Waals surface area contributed by atoms with Crippen LogP contribution in [-0.4, -0.2) is 45.1 Å². The summed E-state index contributed by atoms with van der Waals surface area (Å²) in [7, 11) is 0. The Morgan fingerprint density at radius 1 is 1.67 bits per heavy atom. The molecule has 4 nitrogen and oxygen atoms in total. The van der Waals surface area contributed by atoms with Crippen molar-refractivity contribution in [3.8, 4) is 0 Å². The van der Waals surface area contributed by atoms with Gasteiger partial charge in [0.2, 0.25) is 0 Å². The third-order valence-corrected chi connectivity index (χ3v) is 4.93. The van der Waals surface area contributed by atoms with E-state index in [2.05, 4.69) is 17.3 Å². The summed E-state index contributed by atoms with van der Waals surface area (Å²) in [4.78, 5) is 17.8. The molecule has 0 aliphatic carbocycles. The standard InChI is InChI=1S/C12H18N2O2S2/c1-2-3-11-13-9(7-18-11)6-14-4-5-17-8-10(14)12(15)16/h7,10H,2-6,8H2,1H3,(H,15,16). The Bertz CT molecular complexity index is 409. The van der Waals surface area contributed by atoms with Gasteiger partial charge in [-0.15, -0.1) is 11.3 Å². The number of nitrogens with zero attached hydrogens (tertiary/aromatic N) is 2. The van der Waals surface area contributed by atoms with Gasteiger partial charge in [0.1, 0.15) is 6.04 Å². The predicted octanol–water partition coefficient (Wildman–Crippen LogP) is 2.10. The molecule has 1 saturated heterocycles. The first-order valence-electron chi connectivity index (χ1n) is 6.18. The van der Waals surface area contributed by atoms with Gasteiger partial charge in [0, 0.05) is 30.0 Å². The van der Waals surface area contributed by atoms with Crippen molar-refractivity contribution in [1.82, 2.24) is 9.88 Å². The molecule has 1 aliphatic rings. The zero-order valence-corrected chi connectivity index (χ0v) is 12.1. The number of rotatable bonds is 5. The molecule has 1 aliphatic heterocycles. The van der Waals surface area contributed by atoms with Crippen LogP contribution in [0.3, 0.4) is 0 Å². The van der Waals surface area contributed by atoms with Crippen LogP contribution in [0.4, 0.5) is 0 Å². The minimum absolute atomic E-state index is 0.361. The molecule has 0 aromatic carbocycles. The lowest BCUT2D eigenvalue weighted by atomic mass is 10.2. The highest BCUT2D eigenvalue weighted by Gasteiger charge is 2.29. The molecule has 6 heteroatoms. The second-order valence-electron chi connectivity index (χ2n) is 4.38. The van der Waals surface area contributed by atoms with Crippen LogP contribution in [-0.2, 0) is 17.8 Å².